The second-order valence-electron chi connectivity index (χ2n) is 2.93. The molecule has 0 aliphatic heterocycles. The standard InChI is InChI=1S/C7H12FN5O2S/c1-10-7-12-4-5(8)6(13-7)11-2-3-16(9,14)15/h4H,2-3H2,1H3,(H2,9,14,15)(H2,10,11,12,13). The molecule has 0 spiro atoms. The zero-order chi connectivity index (χ0) is 12.2. The molecular formula is C7H12FN5O2S. The summed E-state index contributed by atoms with van der Waals surface area (Å²) < 4.78 is 34.4. The highest BCUT2D eigenvalue weighted by atomic mass is 32.2. The highest BCUT2D eigenvalue weighted by Crippen LogP contribution is 2.10. The fourth-order valence-electron chi connectivity index (χ4n) is 0.923. The molecule has 0 aliphatic carbocycles. The van der Waals surface area contributed by atoms with Crippen molar-refractivity contribution in [3.05, 3.63) is 12.0 Å². The van der Waals surface area contributed by atoms with Crippen LogP contribution in [-0.2, 0) is 10.0 Å². The van der Waals surface area contributed by atoms with Gasteiger partial charge in [-0.25, -0.2) is 22.9 Å². The van der Waals surface area contributed by atoms with Crippen molar-refractivity contribution in [1.29, 1.82) is 0 Å². The molecular weight excluding hydrogens is 237 g/mol. The molecule has 1 aromatic heterocycles. The summed E-state index contributed by atoms with van der Waals surface area (Å²) in [5.41, 5.74) is 0. The molecule has 0 aromatic carbocycles. The molecule has 0 fully saturated rings. The number of anilines is 2. The van der Waals surface area contributed by atoms with Crippen LogP contribution < -0.4 is 15.8 Å². The van der Waals surface area contributed by atoms with Crippen molar-refractivity contribution in [2.45, 2.75) is 0 Å². The molecule has 0 saturated carbocycles. The Kier molecular flexibility index (Phi) is 3.96. The summed E-state index contributed by atoms with van der Waals surface area (Å²) in [7, 11) is -1.98. The van der Waals surface area contributed by atoms with Gasteiger partial charge < -0.3 is 10.6 Å². The average Bonchev–Trinajstić information content (AvgIpc) is 2.19. The van der Waals surface area contributed by atoms with E-state index in [1.165, 1.54) is 0 Å². The van der Waals surface area contributed by atoms with Crippen LogP contribution in [-0.4, -0.2) is 37.7 Å². The third-order valence-corrected chi connectivity index (χ3v) is 2.42. The molecule has 0 amide bonds. The number of sulfonamides is 1. The van der Waals surface area contributed by atoms with Gasteiger partial charge in [0.15, 0.2) is 11.6 Å². The third-order valence-electron chi connectivity index (χ3n) is 1.65. The van der Waals surface area contributed by atoms with E-state index in [4.69, 9.17) is 5.14 Å². The minimum atomic E-state index is -3.57. The second kappa shape index (κ2) is 5.03. The van der Waals surface area contributed by atoms with Crippen molar-refractivity contribution in [3.8, 4) is 0 Å². The Bertz CT molecular complexity index is 464. The first-order chi connectivity index (χ1) is 7.42. The second-order valence-corrected chi connectivity index (χ2v) is 4.67. The average molecular weight is 249 g/mol. The van der Waals surface area contributed by atoms with Crippen LogP contribution in [0.3, 0.4) is 0 Å². The molecule has 7 nitrogen and oxygen atoms in total. The summed E-state index contributed by atoms with van der Waals surface area (Å²) in [5.74, 6) is -0.790. The first-order valence-corrected chi connectivity index (χ1v) is 6.08. The van der Waals surface area contributed by atoms with Crippen LogP contribution in [0.5, 0.6) is 0 Å². The molecule has 0 atom stereocenters. The van der Waals surface area contributed by atoms with E-state index in [0.29, 0.717) is 0 Å². The van der Waals surface area contributed by atoms with Crippen molar-refractivity contribution in [3.63, 3.8) is 0 Å². The maximum atomic E-state index is 13.1. The van der Waals surface area contributed by atoms with Gasteiger partial charge in [-0.05, 0) is 0 Å². The lowest BCUT2D eigenvalue weighted by atomic mass is 10.5. The largest absolute Gasteiger partial charge is 0.366 e. The lowest BCUT2D eigenvalue weighted by Gasteiger charge is -2.06. The van der Waals surface area contributed by atoms with Crippen LogP contribution in [0.4, 0.5) is 16.2 Å². The van der Waals surface area contributed by atoms with Crippen LogP contribution in [0, 0.1) is 5.82 Å². The lowest BCUT2D eigenvalue weighted by molar-refractivity contribution is 0.597. The number of primary sulfonamides is 1. The summed E-state index contributed by atoms with van der Waals surface area (Å²) in [5, 5.41) is 9.94. The van der Waals surface area contributed by atoms with Crippen LogP contribution in [0.15, 0.2) is 6.20 Å². The van der Waals surface area contributed by atoms with Crippen molar-refractivity contribution < 1.29 is 12.8 Å². The Balaban J connectivity index is 2.66. The van der Waals surface area contributed by atoms with Gasteiger partial charge in [-0.15, -0.1) is 0 Å². The fourth-order valence-corrected chi connectivity index (χ4v) is 1.31. The SMILES string of the molecule is CNc1ncc(F)c(NCCS(N)(=O)=O)n1. The maximum absolute atomic E-state index is 13.1. The highest BCUT2D eigenvalue weighted by molar-refractivity contribution is 7.89. The van der Waals surface area contributed by atoms with Crippen LogP contribution in [0.1, 0.15) is 0 Å². The lowest BCUT2D eigenvalue weighted by Crippen LogP contribution is -2.23. The molecule has 9 heteroatoms. The van der Waals surface area contributed by atoms with Crippen LogP contribution >= 0.6 is 0 Å². The zero-order valence-electron chi connectivity index (χ0n) is 8.57. The molecule has 1 heterocycles. The van der Waals surface area contributed by atoms with Crippen LogP contribution in [0.2, 0.25) is 0 Å². The summed E-state index contributed by atoms with van der Waals surface area (Å²) in [4.78, 5) is 7.40. The topological polar surface area (TPSA) is 110 Å². The number of rotatable bonds is 5. The highest BCUT2D eigenvalue weighted by Gasteiger charge is 2.07. The summed E-state index contributed by atoms with van der Waals surface area (Å²) in [6.45, 7) is -0.0179. The van der Waals surface area contributed by atoms with Gasteiger partial charge in [0, 0.05) is 13.6 Å². The van der Waals surface area contributed by atoms with E-state index in [1.807, 2.05) is 0 Å². The summed E-state index contributed by atoms with van der Waals surface area (Å²) in [6.07, 6.45) is 0.984. The Hall–Kier alpha value is -1.48. The molecule has 90 valence electrons. The number of nitrogens with one attached hydrogen (secondary N) is 2. The van der Waals surface area contributed by atoms with Gasteiger partial charge >= 0.3 is 0 Å². The first kappa shape index (κ1) is 12.6. The number of nitrogens with zero attached hydrogens (tertiary/aromatic N) is 2. The van der Waals surface area contributed by atoms with Gasteiger partial charge in [-0.2, -0.15) is 4.98 Å². The molecule has 1 rings (SSSR count). The number of aromatic nitrogens is 2. The molecule has 1 aromatic rings. The predicted octanol–water partition coefficient (Wildman–Crippen LogP) is -0.642. The van der Waals surface area contributed by atoms with E-state index in [2.05, 4.69) is 20.6 Å². The minimum Gasteiger partial charge on any atom is -0.366 e. The molecule has 0 saturated heterocycles. The molecule has 16 heavy (non-hydrogen) atoms. The van der Waals surface area contributed by atoms with E-state index in [-0.39, 0.29) is 24.1 Å². The summed E-state index contributed by atoms with van der Waals surface area (Å²) >= 11 is 0. The van der Waals surface area contributed by atoms with E-state index in [0.717, 1.165) is 6.20 Å². The first-order valence-electron chi connectivity index (χ1n) is 4.37. The van der Waals surface area contributed by atoms with Crippen molar-refractivity contribution in [1.82, 2.24) is 9.97 Å². The van der Waals surface area contributed by atoms with Crippen molar-refractivity contribution in [2.24, 2.45) is 5.14 Å². The number of halogens is 1. The monoisotopic (exact) mass is 249 g/mol. The summed E-state index contributed by atoms with van der Waals surface area (Å²) in [6, 6.07) is 0. The normalized spacial score (nSPS) is 11.2. The van der Waals surface area contributed by atoms with Crippen LogP contribution in [0.25, 0.3) is 0 Å². The van der Waals surface area contributed by atoms with Crippen molar-refractivity contribution in [2.75, 3.05) is 30.0 Å². The van der Waals surface area contributed by atoms with E-state index < -0.39 is 15.8 Å². The quantitative estimate of drug-likeness (QED) is 0.640. The van der Waals surface area contributed by atoms with Crippen molar-refractivity contribution >= 4 is 21.8 Å². The Labute approximate surface area is 92.3 Å². The Morgan fingerprint density at radius 2 is 2.25 bits per heavy atom. The molecule has 0 bridgehead atoms. The fraction of sp³-hybridized carbons (Fsp3) is 0.429. The van der Waals surface area contributed by atoms with Gasteiger partial charge in [-0.1, -0.05) is 0 Å². The predicted molar refractivity (Wildman–Crippen MR) is 58.0 cm³/mol. The Morgan fingerprint density at radius 1 is 1.56 bits per heavy atom. The molecule has 0 aliphatic rings. The maximum Gasteiger partial charge on any atom is 0.224 e. The smallest absolute Gasteiger partial charge is 0.224 e. The Morgan fingerprint density at radius 3 is 2.81 bits per heavy atom. The van der Waals surface area contributed by atoms with Gasteiger partial charge in [0.05, 0.1) is 11.9 Å². The molecule has 0 radical (unpaired) electrons. The van der Waals surface area contributed by atoms with Gasteiger partial charge in [0.2, 0.25) is 16.0 Å². The van der Waals surface area contributed by atoms with E-state index in [9.17, 15) is 12.8 Å². The minimum absolute atomic E-state index is 0.0179. The van der Waals surface area contributed by atoms with E-state index >= 15 is 0 Å². The van der Waals surface area contributed by atoms with Gasteiger partial charge in [0.25, 0.3) is 0 Å². The van der Waals surface area contributed by atoms with E-state index in [1.54, 1.807) is 7.05 Å². The van der Waals surface area contributed by atoms with Gasteiger partial charge in [-0.3, -0.25) is 0 Å². The zero-order valence-corrected chi connectivity index (χ0v) is 9.38. The number of hydrogen-bond donors (Lipinski definition) is 3. The molecule has 0 unspecified atom stereocenters. The molecule has 4 N–H and O–H groups in total. The number of hydrogen-bond acceptors (Lipinski definition) is 6. The van der Waals surface area contributed by atoms with Gasteiger partial charge in [0.1, 0.15) is 0 Å². The number of nitrogens with two attached hydrogens (primary N) is 1. The third kappa shape index (κ3) is 3.95.